The second-order valence-electron chi connectivity index (χ2n) is 7.89. The Bertz CT molecular complexity index is 881. The maximum Gasteiger partial charge on any atom is 0.329 e. The summed E-state index contributed by atoms with van der Waals surface area (Å²) in [4.78, 5) is 30.2. The molecule has 0 radical (unpaired) electrons. The fourth-order valence-corrected chi connectivity index (χ4v) is 4.61. The smallest absolute Gasteiger partial charge is 0.329 e. The minimum atomic E-state index is -0.00374. The molecule has 1 atom stereocenters. The van der Waals surface area contributed by atoms with Gasteiger partial charge in [-0.1, -0.05) is 19.1 Å². The predicted octanol–water partition coefficient (Wildman–Crippen LogP) is 1.11. The van der Waals surface area contributed by atoms with Crippen LogP contribution in [-0.2, 0) is 17.9 Å². The Kier molecular flexibility index (Phi) is 5.82. The number of amides is 1. The van der Waals surface area contributed by atoms with Crippen molar-refractivity contribution in [3.63, 3.8) is 0 Å². The predicted molar refractivity (Wildman–Crippen MR) is 111 cm³/mol. The highest BCUT2D eigenvalue weighted by Crippen LogP contribution is 2.18. The number of piperazine rings is 1. The summed E-state index contributed by atoms with van der Waals surface area (Å²) in [6.45, 7) is 9.10. The Hall–Kier alpha value is -2.12. The summed E-state index contributed by atoms with van der Waals surface area (Å²) < 4.78 is 3.60. The van der Waals surface area contributed by atoms with Gasteiger partial charge in [0.25, 0.3) is 0 Å². The molecule has 1 N–H and O–H groups in total. The third-order valence-electron chi connectivity index (χ3n) is 6.11. The normalized spacial score (nSPS) is 20.9. The molecule has 1 aromatic carbocycles. The summed E-state index contributed by atoms with van der Waals surface area (Å²) in [5, 5.41) is 3.38. The van der Waals surface area contributed by atoms with E-state index in [4.69, 9.17) is 0 Å². The lowest BCUT2D eigenvalue weighted by Crippen LogP contribution is -2.49. The van der Waals surface area contributed by atoms with Crippen LogP contribution in [0.5, 0.6) is 0 Å². The molecule has 2 aliphatic rings. The molecule has 2 aliphatic heterocycles. The van der Waals surface area contributed by atoms with E-state index >= 15 is 0 Å². The molecule has 0 spiro atoms. The van der Waals surface area contributed by atoms with Crippen LogP contribution in [0.25, 0.3) is 11.0 Å². The van der Waals surface area contributed by atoms with Crippen molar-refractivity contribution in [2.75, 3.05) is 39.3 Å². The standard InChI is InChI=1S/C21H31N5O2/c1-2-11-25-18-5-3-4-6-19(18)26(21(25)28)13-8-20(27)24-12-7-17(16-24)23-14-9-22-10-15-23/h3-6,17,22H,2,7-16H2,1H3. The third kappa shape index (κ3) is 3.73. The quantitative estimate of drug-likeness (QED) is 0.809. The number of rotatable bonds is 6. The number of imidazole rings is 1. The molecule has 28 heavy (non-hydrogen) atoms. The Morgan fingerprint density at radius 3 is 2.43 bits per heavy atom. The number of likely N-dealkylation sites (tertiary alicyclic amines) is 1. The number of carbonyl (C=O) groups excluding carboxylic acids is 1. The van der Waals surface area contributed by atoms with Gasteiger partial charge in [-0.25, -0.2) is 4.79 Å². The van der Waals surface area contributed by atoms with Crippen molar-refractivity contribution in [3.05, 3.63) is 34.7 Å². The number of hydrogen-bond donors (Lipinski definition) is 1. The van der Waals surface area contributed by atoms with Crippen LogP contribution in [-0.4, -0.2) is 70.2 Å². The van der Waals surface area contributed by atoms with Crippen LogP contribution in [0, 0.1) is 0 Å². The van der Waals surface area contributed by atoms with Gasteiger partial charge in [0.05, 0.1) is 11.0 Å². The molecule has 152 valence electrons. The Morgan fingerprint density at radius 1 is 1.07 bits per heavy atom. The summed E-state index contributed by atoms with van der Waals surface area (Å²) in [6, 6.07) is 8.37. The van der Waals surface area contributed by atoms with Crippen molar-refractivity contribution >= 4 is 16.9 Å². The molecule has 2 fully saturated rings. The lowest BCUT2D eigenvalue weighted by atomic mass is 10.2. The Balaban J connectivity index is 1.41. The first-order valence-corrected chi connectivity index (χ1v) is 10.6. The first-order chi connectivity index (χ1) is 13.7. The van der Waals surface area contributed by atoms with Gasteiger partial charge in [0.15, 0.2) is 0 Å². The van der Waals surface area contributed by atoms with Gasteiger partial charge in [0, 0.05) is 64.8 Å². The number of aromatic nitrogens is 2. The van der Waals surface area contributed by atoms with Crippen molar-refractivity contribution in [1.29, 1.82) is 0 Å². The molecule has 7 heteroatoms. The molecular formula is C21H31N5O2. The number of carbonyl (C=O) groups is 1. The zero-order valence-electron chi connectivity index (χ0n) is 16.8. The van der Waals surface area contributed by atoms with Gasteiger partial charge in [-0.15, -0.1) is 0 Å². The highest BCUT2D eigenvalue weighted by Gasteiger charge is 2.30. The monoisotopic (exact) mass is 385 g/mol. The zero-order valence-corrected chi connectivity index (χ0v) is 16.8. The topological polar surface area (TPSA) is 62.5 Å². The van der Waals surface area contributed by atoms with Crippen LogP contribution >= 0.6 is 0 Å². The van der Waals surface area contributed by atoms with Gasteiger partial charge in [-0.2, -0.15) is 0 Å². The largest absolute Gasteiger partial charge is 0.341 e. The van der Waals surface area contributed by atoms with Crippen molar-refractivity contribution < 1.29 is 4.79 Å². The molecule has 3 heterocycles. The number of para-hydroxylation sites is 2. The maximum atomic E-state index is 12.9. The van der Waals surface area contributed by atoms with Crippen molar-refractivity contribution in [3.8, 4) is 0 Å². The summed E-state index contributed by atoms with van der Waals surface area (Å²) in [5.41, 5.74) is 1.88. The van der Waals surface area contributed by atoms with Gasteiger partial charge >= 0.3 is 5.69 Å². The zero-order chi connectivity index (χ0) is 19.5. The fourth-order valence-electron chi connectivity index (χ4n) is 4.61. The van der Waals surface area contributed by atoms with E-state index in [0.29, 0.717) is 25.6 Å². The number of nitrogens with zero attached hydrogens (tertiary/aromatic N) is 4. The van der Waals surface area contributed by atoms with Crippen LogP contribution in [0.2, 0.25) is 0 Å². The maximum absolute atomic E-state index is 12.9. The molecule has 1 unspecified atom stereocenters. The van der Waals surface area contributed by atoms with E-state index in [1.165, 1.54) is 0 Å². The van der Waals surface area contributed by atoms with Crippen LogP contribution in [0.15, 0.2) is 29.1 Å². The van der Waals surface area contributed by atoms with E-state index < -0.39 is 0 Å². The minimum Gasteiger partial charge on any atom is -0.341 e. The van der Waals surface area contributed by atoms with Crippen LogP contribution in [0.3, 0.4) is 0 Å². The first-order valence-electron chi connectivity index (χ1n) is 10.6. The minimum absolute atomic E-state index is 0.00374. The highest BCUT2D eigenvalue weighted by molar-refractivity contribution is 5.78. The van der Waals surface area contributed by atoms with E-state index in [1.807, 2.05) is 33.7 Å². The van der Waals surface area contributed by atoms with Crippen molar-refractivity contribution in [2.45, 2.75) is 45.3 Å². The molecular weight excluding hydrogens is 354 g/mol. The number of nitrogens with one attached hydrogen (secondary N) is 1. The highest BCUT2D eigenvalue weighted by atomic mass is 16.2. The molecule has 0 bridgehead atoms. The summed E-state index contributed by atoms with van der Waals surface area (Å²) >= 11 is 0. The van der Waals surface area contributed by atoms with E-state index in [-0.39, 0.29) is 11.6 Å². The number of benzene rings is 1. The molecule has 2 aromatic rings. The van der Waals surface area contributed by atoms with Crippen LogP contribution in [0.1, 0.15) is 26.2 Å². The average molecular weight is 386 g/mol. The second-order valence-corrected chi connectivity index (χ2v) is 7.89. The second kappa shape index (κ2) is 8.49. The van der Waals surface area contributed by atoms with Crippen LogP contribution in [0.4, 0.5) is 0 Å². The lowest BCUT2D eigenvalue weighted by Gasteiger charge is -2.32. The Morgan fingerprint density at radius 2 is 1.75 bits per heavy atom. The molecule has 2 saturated heterocycles. The lowest BCUT2D eigenvalue weighted by molar-refractivity contribution is -0.130. The van der Waals surface area contributed by atoms with Gasteiger partial charge in [-0.05, 0) is 25.0 Å². The summed E-state index contributed by atoms with van der Waals surface area (Å²) in [5.74, 6) is 0.164. The number of aryl methyl sites for hydroxylation is 2. The number of fused-ring (bicyclic) bond motifs is 1. The molecule has 1 amide bonds. The molecule has 1 aromatic heterocycles. The Labute approximate surface area is 165 Å². The van der Waals surface area contributed by atoms with Crippen molar-refractivity contribution in [2.24, 2.45) is 0 Å². The van der Waals surface area contributed by atoms with Gasteiger partial charge in [0.2, 0.25) is 5.91 Å². The van der Waals surface area contributed by atoms with Gasteiger partial charge < -0.3 is 10.2 Å². The van der Waals surface area contributed by atoms with E-state index in [9.17, 15) is 9.59 Å². The van der Waals surface area contributed by atoms with Gasteiger partial charge in [-0.3, -0.25) is 18.8 Å². The van der Waals surface area contributed by atoms with E-state index in [1.54, 1.807) is 4.57 Å². The first kappa shape index (κ1) is 19.2. The van der Waals surface area contributed by atoms with E-state index in [0.717, 1.165) is 63.1 Å². The van der Waals surface area contributed by atoms with Crippen molar-refractivity contribution in [1.82, 2.24) is 24.3 Å². The summed E-state index contributed by atoms with van der Waals surface area (Å²) in [6.07, 6.45) is 2.35. The molecule has 7 nitrogen and oxygen atoms in total. The fraction of sp³-hybridized carbons (Fsp3) is 0.619. The molecule has 4 rings (SSSR count). The van der Waals surface area contributed by atoms with Gasteiger partial charge in [0.1, 0.15) is 0 Å². The number of hydrogen-bond acceptors (Lipinski definition) is 4. The SMILES string of the molecule is CCCn1c(=O)n(CCC(=O)N2CCC(N3CCNCC3)C2)c2ccccc21. The molecule has 0 saturated carbocycles. The average Bonchev–Trinajstić information content (AvgIpc) is 3.32. The third-order valence-corrected chi connectivity index (χ3v) is 6.11. The summed E-state index contributed by atoms with van der Waals surface area (Å²) in [7, 11) is 0. The molecule has 0 aliphatic carbocycles. The van der Waals surface area contributed by atoms with Crippen LogP contribution < -0.4 is 11.0 Å². The van der Waals surface area contributed by atoms with E-state index in [2.05, 4.69) is 17.1 Å².